The van der Waals surface area contributed by atoms with Gasteiger partial charge in [-0.25, -0.2) is 0 Å². The Labute approximate surface area is 105 Å². The maximum absolute atomic E-state index is 12.3. The molecule has 0 radical (unpaired) electrons. The minimum atomic E-state index is 0.181. The second-order valence-electron chi connectivity index (χ2n) is 6.24. The summed E-state index contributed by atoms with van der Waals surface area (Å²) in [6.45, 7) is 8.75. The van der Waals surface area contributed by atoms with E-state index in [2.05, 4.69) is 33.9 Å². The van der Waals surface area contributed by atoms with Crippen LogP contribution in [0.5, 0.6) is 0 Å². The van der Waals surface area contributed by atoms with Crippen molar-refractivity contribution in [2.75, 3.05) is 0 Å². The van der Waals surface area contributed by atoms with Gasteiger partial charge in [0.2, 0.25) is 5.91 Å². The molecule has 0 aromatic heterocycles. The Morgan fingerprint density at radius 2 is 1.94 bits per heavy atom. The van der Waals surface area contributed by atoms with E-state index in [1.54, 1.807) is 0 Å². The van der Waals surface area contributed by atoms with E-state index in [0.29, 0.717) is 17.9 Å². The average molecular weight is 235 g/mol. The second kappa shape index (κ2) is 4.47. The highest BCUT2D eigenvalue weighted by molar-refractivity contribution is 5.80. The number of amides is 1. The molecule has 1 heterocycles. The number of allylic oxidation sites excluding steroid dienone is 1. The molecule has 0 unspecified atom stereocenters. The van der Waals surface area contributed by atoms with Crippen LogP contribution in [-0.4, -0.2) is 16.8 Å². The lowest BCUT2D eigenvalue weighted by Crippen LogP contribution is -2.46. The normalized spacial score (nSPS) is 29.6. The van der Waals surface area contributed by atoms with Crippen molar-refractivity contribution in [1.82, 2.24) is 4.90 Å². The zero-order chi connectivity index (χ0) is 12.6. The molecule has 0 aromatic carbocycles. The third kappa shape index (κ3) is 2.02. The molecule has 1 fully saturated rings. The van der Waals surface area contributed by atoms with Gasteiger partial charge in [0.05, 0.1) is 0 Å². The molecular weight excluding hydrogens is 210 g/mol. The van der Waals surface area contributed by atoms with Crippen LogP contribution in [0.4, 0.5) is 0 Å². The molecule has 1 amide bonds. The minimum Gasteiger partial charge on any atom is -0.317 e. The molecule has 1 saturated carbocycles. The van der Waals surface area contributed by atoms with Crippen LogP contribution in [0.3, 0.4) is 0 Å². The van der Waals surface area contributed by atoms with Crippen LogP contribution in [0.2, 0.25) is 0 Å². The Hall–Kier alpha value is -0.790. The fourth-order valence-electron chi connectivity index (χ4n) is 3.46. The van der Waals surface area contributed by atoms with Gasteiger partial charge in [0, 0.05) is 24.1 Å². The van der Waals surface area contributed by atoms with Crippen LogP contribution in [0.15, 0.2) is 11.8 Å². The molecule has 0 saturated heterocycles. The molecule has 0 bridgehead atoms. The summed E-state index contributed by atoms with van der Waals surface area (Å²) < 4.78 is 0. The third-order valence-electron chi connectivity index (χ3n) is 4.67. The van der Waals surface area contributed by atoms with Gasteiger partial charge in [-0.05, 0) is 44.6 Å². The largest absolute Gasteiger partial charge is 0.317 e. The fourth-order valence-corrected chi connectivity index (χ4v) is 3.46. The van der Waals surface area contributed by atoms with Crippen molar-refractivity contribution in [2.45, 2.75) is 65.8 Å². The Morgan fingerprint density at radius 3 is 2.53 bits per heavy atom. The van der Waals surface area contributed by atoms with E-state index in [1.165, 1.54) is 31.3 Å². The predicted molar refractivity (Wildman–Crippen MR) is 70.4 cm³/mol. The highest BCUT2D eigenvalue weighted by Crippen LogP contribution is 2.51. The van der Waals surface area contributed by atoms with Gasteiger partial charge in [0.15, 0.2) is 0 Å². The van der Waals surface area contributed by atoms with Gasteiger partial charge in [0.25, 0.3) is 0 Å². The maximum atomic E-state index is 12.3. The first-order chi connectivity index (χ1) is 7.97. The molecule has 0 spiro atoms. The molecule has 1 aliphatic heterocycles. The summed E-state index contributed by atoms with van der Waals surface area (Å²) in [6, 6.07) is 0.294. The molecule has 1 aliphatic carbocycles. The van der Waals surface area contributed by atoms with Gasteiger partial charge in [0.1, 0.15) is 0 Å². The lowest BCUT2D eigenvalue weighted by molar-refractivity contribution is -0.134. The van der Waals surface area contributed by atoms with Crippen molar-refractivity contribution >= 4 is 5.91 Å². The summed E-state index contributed by atoms with van der Waals surface area (Å²) in [4.78, 5) is 14.2. The van der Waals surface area contributed by atoms with Crippen LogP contribution in [0, 0.1) is 11.3 Å². The first kappa shape index (κ1) is 12.7. The lowest BCUT2D eigenvalue weighted by Gasteiger charge is -2.47. The van der Waals surface area contributed by atoms with Gasteiger partial charge in [-0.15, -0.1) is 0 Å². The predicted octanol–water partition coefficient (Wildman–Crippen LogP) is 3.73. The van der Waals surface area contributed by atoms with Gasteiger partial charge < -0.3 is 4.90 Å². The molecule has 1 atom stereocenters. The summed E-state index contributed by atoms with van der Waals surface area (Å²) >= 11 is 0. The van der Waals surface area contributed by atoms with E-state index in [-0.39, 0.29) is 5.41 Å². The van der Waals surface area contributed by atoms with Gasteiger partial charge in [-0.1, -0.05) is 20.3 Å². The number of fused-ring (bicyclic) bond motifs is 1. The molecule has 17 heavy (non-hydrogen) atoms. The average Bonchev–Trinajstić information content (AvgIpc) is 2.27. The minimum absolute atomic E-state index is 0.181. The number of carbonyl (C=O) groups is 1. The highest BCUT2D eigenvalue weighted by atomic mass is 16.2. The SMILES string of the molecule is CC(C)N1C=C2CCCC[C@@]2(C(C)C)CC1=O. The van der Waals surface area contributed by atoms with Gasteiger partial charge >= 0.3 is 0 Å². The van der Waals surface area contributed by atoms with Crippen molar-refractivity contribution < 1.29 is 4.79 Å². The summed E-state index contributed by atoms with van der Waals surface area (Å²) in [5.41, 5.74) is 1.72. The quantitative estimate of drug-likeness (QED) is 0.714. The molecule has 0 aromatic rings. The number of hydrogen-bond acceptors (Lipinski definition) is 1. The molecule has 96 valence electrons. The van der Waals surface area contributed by atoms with E-state index in [0.717, 1.165) is 6.42 Å². The zero-order valence-electron chi connectivity index (χ0n) is 11.6. The van der Waals surface area contributed by atoms with Crippen molar-refractivity contribution in [3.05, 3.63) is 11.8 Å². The number of nitrogens with zero attached hydrogens (tertiary/aromatic N) is 1. The van der Waals surface area contributed by atoms with Crippen LogP contribution >= 0.6 is 0 Å². The first-order valence-corrected chi connectivity index (χ1v) is 7.00. The van der Waals surface area contributed by atoms with Crippen molar-refractivity contribution in [3.63, 3.8) is 0 Å². The monoisotopic (exact) mass is 235 g/mol. The van der Waals surface area contributed by atoms with Crippen molar-refractivity contribution in [2.24, 2.45) is 11.3 Å². The Balaban J connectivity index is 2.38. The summed E-state index contributed by atoms with van der Waals surface area (Å²) in [7, 11) is 0. The van der Waals surface area contributed by atoms with Crippen molar-refractivity contribution in [1.29, 1.82) is 0 Å². The summed E-state index contributed by atoms with van der Waals surface area (Å²) in [6.07, 6.45) is 7.87. The van der Waals surface area contributed by atoms with Crippen LogP contribution in [-0.2, 0) is 4.79 Å². The van der Waals surface area contributed by atoms with E-state index < -0.39 is 0 Å². The third-order valence-corrected chi connectivity index (χ3v) is 4.67. The molecule has 2 rings (SSSR count). The zero-order valence-corrected chi connectivity index (χ0v) is 11.6. The van der Waals surface area contributed by atoms with Crippen LogP contribution < -0.4 is 0 Å². The molecule has 2 nitrogen and oxygen atoms in total. The summed E-state index contributed by atoms with van der Waals surface area (Å²) in [5.74, 6) is 0.895. The number of hydrogen-bond donors (Lipinski definition) is 0. The Morgan fingerprint density at radius 1 is 1.24 bits per heavy atom. The smallest absolute Gasteiger partial charge is 0.227 e. The van der Waals surface area contributed by atoms with E-state index in [9.17, 15) is 4.79 Å². The number of rotatable bonds is 2. The highest BCUT2D eigenvalue weighted by Gasteiger charge is 2.44. The first-order valence-electron chi connectivity index (χ1n) is 7.00. The molecule has 2 aliphatic rings. The van der Waals surface area contributed by atoms with Gasteiger partial charge in [-0.3, -0.25) is 4.79 Å². The Bertz CT molecular complexity index is 343. The fraction of sp³-hybridized carbons (Fsp3) is 0.800. The summed E-state index contributed by atoms with van der Waals surface area (Å²) in [5, 5.41) is 0. The van der Waals surface area contributed by atoms with E-state index in [1.807, 2.05) is 4.90 Å². The number of carbonyl (C=O) groups excluding carboxylic acids is 1. The van der Waals surface area contributed by atoms with Crippen LogP contribution in [0.25, 0.3) is 0 Å². The Kier molecular flexibility index (Phi) is 3.33. The van der Waals surface area contributed by atoms with E-state index in [4.69, 9.17) is 0 Å². The van der Waals surface area contributed by atoms with Crippen LogP contribution in [0.1, 0.15) is 59.8 Å². The van der Waals surface area contributed by atoms with Gasteiger partial charge in [-0.2, -0.15) is 0 Å². The van der Waals surface area contributed by atoms with Crippen molar-refractivity contribution in [3.8, 4) is 0 Å². The topological polar surface area (TPSA) is 20.3 Å². The standard InChI is InChI=1S/C15H25NO/c1-11(2)15-8-6-5-7-13(15)10-16(12(3)4)14(17)9-15/h10-12H,5-9H2,1-4H3/t15-/m0/s1. The molecular formula is C15H25NO. The maximum Gasteiger partial charge on any atom is 0.227 e. The molecule has 2 heteroatoms. The lowest BCUT2D eigenvalue weighted by atomic mass is 9.61. The van der Waals surface area contributed by atoms with E-state index >= 15 is 0 Å². The second-order valence-corrected chi connectivity index (χ2v) is 6.24. The molecule has 0 N–H and O–H groups in total.